The molecule has 0 amide bonds. The molecule has 0 aromatic carbocycles. The Hall–Kier alpha value is -0.670. The van der Waals surface area contributed by atoms with Gasteiger partial charge in [-0.15, -0.1) is 0 Å². The highest BCUT2D eigenvalue weighted by molar-refractivity contribution is 5.83. The summed E-state index contributed by atoms with van der Waals surface area (Å²) in [6.07, 6.45) is 16.1. The molecule has 0 spiro atoms. The highest BCUT2D eigenvalue weighted by Gasteiger charge is 2.32. The minimum Gasteiger partial charge on any atom is -0.396 e. The van der Waals surface area contributed by atoms with Crippen LogP contribution in [0.25, 0.3) is 0 Å². The molecule has 1 saturated carbocycles. The van der Waals surface area contributed by atoms with Gasteiger partial charge in [0.05, 0.1) is 5.60 Å². The van der Waals surface area contributed by atoms with Crippen LogP contribution in [0.2, 0.25) is 0 Å². The Morgan fingerprint density at radius 2 is 1.88 bits per heavy atom. The number of hydrogen-bond acceptors (Lipinski definition) is 3. The van der Waals surface area contributed by atoms with E-state index in [2.05, 4.69) is 19.1 Å². The number of ketones is 1. The van der Waals surface area contributed by atoms with E-state index in [0.717, 1.165) is 70.6 Å². The van der Waals surface area contributed by atoms with Gasteiger partial charge in [0.2, 0.25) is 0 Å². The zero-order valence-electron chi connectivity index (χ0n) is 15.8. The minimum absolute atomic E-state index is 0.194. The number of hydrogen-bond donors (Lipinski definition) is 2. The topological polar surface area (TPSA) is 57.5 Å². The highest BCUT2D eigenvalue weighted by Crippen LogP contribution is 2.34. The number of aliphatic hydroxyl groups excluding tert-OH is 1. The Kier molecular flexibility index (Phi) is 10.5. The maximum atomic E-state index is 12.1. The quantitative estimate of drug-likeness (QED) is 0.374. The Balaban J connectivity index is 2.34. The summed E-state index contributed by atoms with van der Waals surface area (Å²) >= 11 is 0. The lowest BCUT2D eigenvalue weighted by Crippen LogP contribution is -2.22. The van der Waals surface area contributed by atoms with Crippen molar-refractivity contribution in [2.45, 2.75) is 96.5 Å². The van der Waals surface area contributed by atoms with Crippen LogP contribution < -0.4 is 0 Å². The maximum absolute atomic E-state index is 12.1. The fourth-order valence-electron chi connectivity index (χ4n) is 3.70. The molecule has 24 heavy (non-hydrogen) atoms. The second kappa shape index (κ2) is 11.8. The van der Waals surface area contributed by atoms with E-state index in [-0.39, 0.29) is 12.5 Å². The first-order valence-electron chi connectivity index (χ1n) is 10.0. The van der Waals surface area contributed by atoms with Crippen molar-refractivity contribution in [1.82, 2.24) is 0 Å². The second-order valence-electron chi connectivity index (χ2n) is 7.79. The van der Waals surface area contributed by atoms with E-state index in [1.165, 1.54) is 0 Å². The van der Waals surface area contributed by atoms with Crippen molar-refractivity contribution in [3.8, 4) is 0 Å². The van der Waals surface area contributed by atoms with Crippen LogP contribution in [0.3, 0.4) is 0 Å². The van der Waals surface area contributed by atoms with Crippen LogP contribution >= 0.6 is 0 Å². The average molecular weight is 339 g/mol. The van der Waals surface area contributed by atoms with E-state index in [9.17, 15) is 9.90 Å². The summed E-state index contributed by atoms with van der Waals surface area (Å²) in [5, 5.41) is 19.1. The molecule has 1 aliphatic rings. The van der Waals surface area contributed by atoms with Crippen LogP contribution in [0.15, 0.2) is 12.2 Å². The number of carbonyl (C=O) groups excluding carboxylic acids is 1. The summed E-state index contributed by atoms with van der Waals surface area (Å²) in [7, 11) is 0. The minimum atomic E-state index is -0.614. The molecule has 3 atom stereocenters. The average Bonchev–Trinajstić information content (AvgIpc) is 2.89. The highest BCUT2D eigenvalue weighted by atomic mass is 16.3. The normalized spacial score (nSPS) is 23.9. The first kappa shape index (κ1) is 21.4. The Morgan fingerprint density at radius 3 is 2.58 bits per heavy atom. The third-order valence-electron chi connectivity index (χ3n) is 5.34. The van der Waals surface area contributed by atoms with Crippen molar-refractivity contribution in [3.63, 3.8) is 0 Å². The van der Waals surface area contributed by atoms with Gasteiger partial charge in [0.15, 0.2) is 0 Å². The van der Waals surface area contributed by atoms with Crippen molar-refractivity contribution in [1.29, 1.82) is 0 Å². The van der Waals surface area contributed by atoms with E-state index in [1.807, 2.05) is 6.92 Å². The predicted octanol–water partition coefficient (Wildman–Crippen LogP) is 4.80. The molecule has 0 saturated heterocycles. The largest absolute Gasteiger partial charge is 0.396 e. The molecular formula is C21H38O3. The Morgan fingerprint density at radius 1 is 1.17 bits per heavy atom. The maximum Gasteiger partial charge on any atom is 0.136 e. The number of unbranched alkanes of at least 4 members (excludes halogenated alkanes) is 5. The molecule has 1 aliphatic carbocycles. The summed E-state index contributed by atoms with van der Waals surface area (Å²) in [4.78, 5) is 12.1. The number of aliphatic hydroxyl groups is 2. The van der Waals surface area contributed by atoms with E-state index >= 15 is 0 Å². The zero-order chi connectivity index (χ0) is 17.8. The lowest BCUT2D eigenvalue weighted by atomic mass is 9.88. The predicted molar refractivity (Wildman–Crippen MR) is 99.9 cm³/mol. The van der Waals surface area contributed by atoms with Crippen molar-refractivity contribution >= 4 is 5.78 Å². The molecule has 0 aromatic heterocycles. The van der Waals surface area contributed by atoms with E-state index < -0.39 is 5.60 Å². The molecule has 0 aromatic rings. The summed E-state index contributed by atoms with van der Waals surface area (Å²) in [5.74, 6) is 0.995. The molecule has 1 unspecified atom stereocenters. The molecule has 1 fully saturated rings. The van der Waals surface area contributed by atoms with Gasteiger partial charge in [0, 0.05) is 18.9 Å². The molecule has 3 nitrogen and oxygen atoms in total. The molecule has 3 heteroatoms. The van der Waals surface area contributed by atoms with Crippen LogP contribution in [0, 0.1) is 11.8 Å². The van der Waals surface area contributed by atoms with Crippen molar-refractivity contribution in [2.24, 2.45) is 11.8 Å². The fourth-order valence-corrected chi connectivity index (χ4v) is 3.70. The smallest absolute Gasteiger partial charge is 0.136 e. The summed E-state index contributed by atoms with van der Waals surface area (Å²) < 4.78 is 0. The van der Waals surface area contributed by atoms with Crippen LogP contribution in [-0.2, 0) is 4.79 Å². The van der Waals surface area contributed by atoms with Crippen molar-refractivity contribution in [2.75, 3.05) is 6.61 Å². The van der Waals surface area contributed by atoms with Gasteiger partial charge in [-0.25, -0.2) is 0 Å². The fraction of sp³-hybridized carbons (Fsp3) is 0.857. The molecule has 1 rings (SSSR count). The van der Waals surface area contributed by atoms with Crippen molar-refractivity contribution in [3.05, 3.63) is 12.2 Å². The van der Waals surface area contributed by atoms with Gasteiger partial charge in [-0.2, -0.15) is 0 Å². The first-order valence-corrected chi connectivity index (χ1v) is 10.0. The summed E-state index contributed by atoms with van der Waals surface area (Å²) in [6.45, 7) is 4.34. The van der Waals surface area contributed by atoms with Gasteiger partial charge in [0.25, 0.3) is 0 Å². The molecule has 0 bridgehead atoms. The van der Waals surface area contributed by atoms with Gasteiger partial charge >= 0.3 is 0 Å². The van der Waals surface area contributed by atoms with Gasteiger partial charge in [-0.05, 0) is 44.9 Å². The van der Waals surface area contributed by atoms with Gasteiger partial charge in [-0.3, -0.25) is 4.79 Å². The van der Waals surface area contributed by atoms with Crippen LogP contribution in [0.5, 0.6) is 0 Å². The van der Waals surface area contributed by atoms with Crippen molar-refractivity contribution < 1.29 is 15.0 Å². The van der Waals surface area contributed by atoms with Crippen LogP contribution in [0.4, 0.5) is 0 Å². The van der Waals surface area contributed by atoms with E-state index in [1.54, 1.807) is 0 Å². The monoisotopic (exact) mass is 338 g/mol. The Bertz CT molecular complexity index is 373. The third kappa shape index (κ3) is 8.43. The molecule has 140 valence electrons. The number of allylic oxidation sites excluding steroid dienone is 1. The molecule has 0 heterocycles. The van der Waals surface area contributed by atoms with Crippen LogP contribution in [-0.4, -0.2) is 28.2 Å². The number of Topliss-reactive ketones (excluding diaryl/α,β-unsaturated/α-hetero) is 1. The summed E-state index contributed by atoms with van der Waals surface area (Å²) in [6, 6.07) is 0. The van der Waals surface area contributed by atoms with Gasteiger partial charge in [0.1, 0.15) is 5.78 Å². The summed E-state index contributed by atoms with van der Waals surface area (Å²) in [5.41, 5.74) is -0.614. The van der Waals surface area contributed by atoms with Gasteiger partial charge in [-0.1, -0.05) is 57.6 Å². The Labute approximate surface area is 148 Å². The van der Waals surface area contributed by atoms with E-state index in [4.69, 9.17) is 5.11 Å². The number of rotatable bonds is 13. The lowest BCUT2D eigenvalue weighted by molar-refractivity contribution is -0.121. The molecular weight excluding hydrogens is 300 g/mol. The molecule has 0 aliphatic heterocycles. The molecule has 2 N–H and O–H groups in total. The lowest BCUT2D eigenvalue weighted by Gasteiger charge is -2.21. The SMILES string of the molecule is CCCCC(C)(O)CC=C[C@H]1CCC(=O)[C@@H]1CCCCCCCO. The number of carbonyl (C=O) groups is 1. The van der Waals surface area contributed by atoms with Gasteiger partial charge < -0.3 is 10.2 Å². The standard InChI is InChI=1S/C21H38O3/c1-3-4-15-21(2,24)16-10-11-18-13-14-20(23)19(18)12-8-6-5-7-9-17-22/h10-11,18-19,22,24H,3-9,12-17H2,1-2H3/t18-,19+,21?/m0/s1. The zero-order valence-corrected chi connectivity index (χ0v) is 15.8. The van der Waals surface area contributed by atoms with Crippen LogP contribution in [0.1, 0.15) is 90.9 Å². The first-order chi connectivity index (χ1) is 11.5. The second-order valence-corrected chi connectivity index (χ2v) is 7.79. The third-order valence-corrected chi connectivity index (χ3v) is 5.34. The molecule has 0 radical (unpaired) electrons. The van der Waals surface area contributed by atoms with E-state index in [0.29, 0.717) is 18.1 Å².